The van der Waals surface area contributed by atoms with Crippen molar-refractivity contribution in [2.24, 2.45) is 4.99 Å². The highest BCUT2D eigenvalue weighted by Gasteiger charge is 2.23. The van der Waals surface area contributed by atoms with Crippen LogP contribution in [-0.4, -0.2) is 17.0 Å². The minimum absolute atomic E-state index is 0.0872. The quantitative estimate of drug-likeness (QED) is 0.327. The van der Waals surface area contributed by atoms with Gasteiger partial charge in [-0.15, -0.1) is 0 Å². The summed E-state index contributed by atoms with van der Waals surface area (Å²) in [6, 6.07) is 0. The maximum absolute atomic E-state index is 10.8. The van der Waals surface area contributed by atoms with Crippen LogP contribution in [0.3, 0.4) is 0 Å². The third-order valence-electron chi connectivity index (χ3n) is 1.60. The first-order valence-electron chi connectivity index (χ1n) is 3.17. The van der Waals surface area contributed by atoms with Gasteiger partial charge in [0, 0.05) is 11.1 Å². The Morgan fingerprint density at radius 1 is 1.67 bits per heavy atom. The van der Waals surface area contributed by atoms with Gasteiger partial charge in [0.05, 0.1) is 4.92 Å². The van der Waals surface area contributed by atoms with Gasteiger partial charge in [0.15, 0.2) is 0 Å². The number of hydrogen-bond donors (Lipinski definition) is 0. The smallest absolute Gasteiger partial charge is 0.267 e. The van der Waals surface area contributed by atoms with Crippen LogP contribution in [0.5, 0.6) is 0 Å². The first-order chi connectivity index (χ1) is 5.54. The number of hydrogen-bond acceptors (Lipinski definition) is 3. The van der Waals surface area contributed by atoms with E-state index in [-0.39, 0.29) is 16.8 Å². The second-order valence-corrected chi connectivity index (χ2v) is 2.31. The molecular weight excluding hydrogens is 160 g/mol. The van der Waals surface area contributed by atoms with Crippen molar-refractivity contribution in [1.82, 2.24) is 0 Å². The number of carbonyl (C=O) groups excluding carboxylic acids is 1. The molecule has 0 aromatic carbocycles. The molecular formula is C7H6N2O3. The van der Waals surface area contributed by atoms with Gasteiger partial charge in [-0.3, -0.25) is 14.9 Å². The van der Waals surface area contributed by atoms with Crippen LogP contribution in [-0.2, 0) is 4.79 Å². The molecule has 1 rings (SSSR count). The highest BCUT2D eigenvalue weighted by molar-refractivity contribution is 6.07. The zero-order valence-corrected chi connectivity index (χ0v) is 6.40. The molecule has 0 bridgehead atoms. The number of nitro groups is 1. The molecule has 0 aliphatic carbocycles. The minimum Gasteiger partial charge on any atom is -0.267 e. The Bertz CT molecular complexity index is 339. The van der Waals surface area contributed by atoms with E-state index in [1.165, 1.54) is 6.92 Å². The molecule has 5 heteroatoms. The molecule has 0 N–H and O–H groups in total. The molecule has 1 heterocycles. The zero-order chi connectivity index (χ0) is 9.30. The van der Waals surface area contributed by atoms with Crippen molar-refractivity contribution in [2.75, 3.05) is 0 Å². The van der Waals surface area contributed by atoms with Crippen molar-refractivity contribution >= 4 is 12.1 Å². The molecule has 1 amide bonds. The first kappa shape index (κ1) is 8.32. The lowest BCUT2D eigenvalue weighted by Gasteiger charge is -2.05. The molecule has 0 radical (unpaired) electrons. The summed E-state index contributed by atoms with van der Waals surface area (Å²) >= 11 is 0. The number of rotatable bonds is 1. The molecule has 0 saturated carbocycles. The first-order valence-corrected chi connectivity index (χ1v) is 3.17. The maximum atomic E-state index is 10.8. The highest BCUT2D eigenvalue weighted by atomic mass is 16.6. The Morgan fingerprint density at radius 2 is 2.25 bits per heavy atom. The Labute approximate surface area is 68.3 Å². The molecule has 0 unspecified atom stereocenters. The van der Waals surface area contributed by atoms with Crippen LogP contribution < -0.4 is 0 Å². The number of nitrogens with zero attached hydrogens (tertiary/aromatic N) is 2. The minimum atomic E-state index is -0.587. The fourth-order valence-corrected chi connectivity index (χ4v) is 0.794. The second-order valence-electron chi connectivity index (χ2n) is 2.31. The van der Waals surface area contributed by atoms with Gasteiger partial charge in [-0.2, -0.15) is 0 Å². The highest BCUT2D eigenvalue weighted by Crippen LogP contribution is 2.17. The van der Waals surface area contributed by atoms with Crippen molar-refractivity contribution in [3.63, 3.8) is 0 Å². The average Bonchev–Trinajstić information content (AvgIpc) is 2.00. The van der Waals surface area contributed by atoms with Crippen LogP contribution in [0.4, 0.5) is 0 Å². The van der Waals surface area contributed by atoms with Crippen LogP contribution in [0.25, 0.3) is 0 Å². The van der Waals surface area contributed by atoms with Gasteiger partial charge in [-0.05, 0) is 6.92 Å². The van der Waals surface area contributed by atoms with E-state index in [9.17, 15) is 14.9 Å². The lowest BCUT2D eigenvalue weighted by molar-refractivity contribution is -0.415. The molecule has 0 saturated heterocycles. The summed E-state index contributed by atoms with van der Waals surface area (Å²) in [4.78, 5) is 23.9. The Kier molecular flexibility index (Phi) is 1.86. The Balaban J connectivity index is 3.19. The molecule has 0 fully saturated rings. The third-order valence-corrected chi connectivity index (χ3v) is 1.60. The molecule has 62 valence electrons. The normalized spacial score (nSPS) is 17.1. The zero-order valence-electron chi connectivity index (χ0n) is 6.40. The lowest BCUT2D eigenvalue weighted by Crippen LogP contribution is -2.13. The van der Waals surface area contributed by atoms with Gasteiger partial charge in [-0.25, -0.2) is 4.99 Å². The van der Waals surface area contributed by atoms with Crippen molar-refractivity contribution in [3.8, 4) is 0 Å². The maximum Gasteiger partial charge on any atom is 0.291 e. The largest absolute Gasteiger partial charge is 0.291 e. The predicted molar refractivity (Wildman–Crippen MR) is 42.3 cm³/mol. The van der Waals surface area contributed by atoms with E-state index in [1.54, 1.807) is 0 Å². The van der Waals surface area contributed by atoms with Crippen molar-refractivity contribution in [2.45, 2.75) is 6.92 Å². The number of dihydropyridines is 1. The van der Waals surface area contributed by atoms with E-state index < -0.39 is 10.8 Å². The van der Waals surface area contributed by atoms with Gasteiger partial charge in [0.1, 0.15) is 6.21 Å². The Hall–Kier alpha value is -1.78. The van der Waals surface area contributed by atoms with Crippen LogP contribution in [0.15, 0.2) is 28.4 Å². The summed E-state index contributed by atoms with van der Waals surface area (Å²) in [5.74, 6) is -0.516. The molecule has 12 heavy (non-hydrogen) atoms. The molecule has 0 atom stereocenters. The van der Waals surface area contributed by atoms with Crippen molar-refractivity contribution < 1.29 is 9.72 Å². The van der Waals surface area contributed by atoms with Crippen LogP contribution >= 0.6 is 0 Å². The van der Waals surface area contributed by atoms with Crippen LogP contribution in [0.2, 0.25) is 0 Å². The van der Waals surface area contributed by atoms with Gasteiger partial charge in [0.2, 0.25) is 0 Å². The summed E-state index contributed by atoms with van der Waals surface area (Å²) in [7, 11) is 0. The Morgan fingerprint density at radius 3 is 2.75 bits per heavy atom. The average molecular weight is 166 g/mol. The van der Waals surface area contributed by atoms with Gasteiger partial charge in [-0.1, -0.05) is 6.58 Å². The molecule has 0 aromatic rings. The van der Waals surface area contributed by atoms with E-state index in [4.69, 9.17) is 0 Å². The van der Waals surface area contributed by atoms with E-state index in [0.717, 1.165) is 6.21 Å². The molecule has 5 nitrogen and oxygen atoms in total. The third kappa shape index (κ3) is 1.16. The predicted octanol–water partition coefficient (Wildman–Crippen LogP) is 0.704. The van der Waals surface area contributed by atoms with Gasteiger partial charge in [0.25, 0.3) is 11.6 Å². The van der Waals surface area contributed by atoms with Crippen LogP contribution in [0.1, 0.15) is 6.92 Å². The molecule has 0 spiro atoms. The van der Waals surface area contributed by atoms with E-state index in [2.05, 4.69) is 11.6 Å². The summed E-state index contributed by atoms with van der Waals surface area (Å²) in [6.45, 7) is 4.86. The number of aliphatic imine (C=N–C) groups is 1. The van der Waals surface area contributed by atoms with E-state index >= 15 is 0 Å². The molecule has 0 aromatic heterocycles. The second kappa shape index (κ2) is 2.69. The standard InChI is InChI=1S/C7H6N2O3/c1-4-5(2)7(10)8-3-6(4)9(11)12/h3H,2H2,1H3. The fourth-order valence-electron chi connectivity index (χ4n) is 0.794. The monoisotopic (exact) mass is 166 g/mol. The van der Waals surface area contributed by atoms with Gasteiger partial charge >= 0.3 is 0 Å². The fraction of sp³-hybridized carbons (Fsp3) is 0.143. The van der Waals surface area contributed by atoms with Gasteiger partial charge < -0.3 is 0 Å². The van der Waals surface area contributed by atoms with Crippen LogP contribution in [0, 0.1) is 10.1 Å². The lowest BCUT2D eigenvalue weighted by atomic mass is 10.1. The summed E-state index contributed by atoms with van der Waals surface area (Å²) < 4.78 is 0. The number of amides is 1. The summed E-state index contributed by atoms with van der Waals surface area (Å²) in [5, 5.41) is 10.3. The molecule has 1 aliphatic rings. The number of allylic oxidation sites excluding steroid dienone is 1. The van der Waals surface area contributed by atoms with E-state index in [0.29, 0.717) is 0 Å². The summed E-state index contributed by atoms with van der Waals surface area (Å²) in [5.41, 5.74) is 0.198. The summed E-state index contributed by atoms with van der Waals surface area (Å²) in [6.07, 6.45) is 0.951. The SMILES string of the molecule is C=C1C(=O)N=CC([N+](=O)[O-])=C1C. The van der Waals surface area contributed by atoms with E-state index in [1.807, 2.05) is 0 Å². The van der Waals surface area contributed by atoms with Crippen molar-refractivity contribution in [3.05, 3.63) is 33.5 Å². The van der Waals surface area contributed by atoms with Crippen molar-refractivity contribution in [1.29, 1.82) is 0 Å². The topological polar surface area (TPSA) is 72.6 Å². The molecule has 1 aliphatic heterocycles. The number of carbonyl (C=O) groups is 1.